The van der Waals surface area contributed by atoms with Gasteiger partial charge in [0.1, 0.15) is 0 Å². The molecule has 0 bridgehead atoms. The summed E-state index contributed by atoms with van der Waals surface area (Å²) in [6, 6.07) is 11.2. The van der Waals surface area contributed by atoms with Crippen LogP contribution in [-0.2, 0) is 6.54 Å². The van der Waals surface area contributed by atoms with E-state index in [4.69, 9.17) is 0 Å². The molecule has 1 fully saturated rings. The predicted molar refractivity (Wildman–Crippen MR) is 128 cm³/mol. The van der Waals surface area contributed by atoms with Crippen molar-refractivity contribution in [2.75, 3.05) is 6.54 Å². The Hall–Kier alpha value is -1.55. The molecular weight excluding hydrogens is 401 g/mol. The zero-order valence-electron chi connectivity index (χ0n) is 17.5. The molecule has 0 unspecified atom stereocenters. The molecule has 158 valence electrons. The minimum atomic E-state index is 0. The van der Waals surface area contributed by atoms with Gasteiger partial charge in [-0.1, -0.05) is 50.3 Å². The highest BCUT2D eigenvalue weighted by Gasteiger charge is 2.13. The molecule has 0 amide bonds. The largest absolute Gasteiger partial charge is 0.345 e. The number of rotatable bonds is 6. The Morgan fingerprint density at radius 2 is 1.79 bits per heavy atom. The summed E-state index contributed by atoms with van der Waals surface area (Å²) in [4.78, 5) is 7.60. The molecule has 0 saturated heterocycles. The molecule has 29 heavy (non-hydrogen) atoms. The molecule has 1 aliphatic carbocycles. The van der Waals surface area contributed by atoms with Gasteiger partial charge in [-0.05, 0) is 72.7 Å². The van der Waals surface area contributed by atoms with Crippen LogP contribution in [0.5, 0.6) is 0 Å². The van der Waals surface area contributed by atoms with Gasteiger partial charge in [0.15, 0.2) is 0 Å². The van der Waals surface area contributed by atoms with Crippen molar-refractivity contribution in [3.8, 4) is 11.1 Å². The van der Waals surface area contributed by atoms with Crippen LogP contribution < -0.4 is 5.32 Å². The smallest absolute Gasteiger partial charge is 0.0931 e. The standard InChI is InChI=1S/C24H31N3.2ClH/c1-17-12-20(22-14-24-23(13-18(22)2)26-16-27-24)8-9-21(17)15-25-11-10-19-6-4-3-5-7-19;;/h8-9,12-14,16,19,25H,3-7,10-11,15H2,1-2H3,(H,26,27);2*1H. The monoisotopic (exact) mass is 433 g/mol. The van der Waals surface area contributed by atoms with E-state index in [1.54, 1.807) is 6.33 Å². The van der Waals surface area contributed by atoms with Gasteiger partial charge < -0.3 is 10.3 Å². The normalized spacial score (nSPS) is 14.4. The summed E-state index contributed by atoms with van der Waals surface area (Å²) in [5.74, 6) is 0.953. The quantitative estimate of drug-likeness (QED) is 0.421. The molecule has 3 aromatic rings. The van der Waals surface area contributed by atoms with Crippen molar-refractivity contribution in [2.24, 2.45) is 5.92 Å². The second-order valence-electron chi connectivity index (χ2n) is 8.20. The molecule has 3 nitrogen and oxygen atoms in total. The lowest BCUT2D eigenvalue weighted by molar-refractivity contribution is 0.334. The number of imidazole rings is 1. The number of nitrogens with zero attached hydrogens (tertiary/aromatic N) is 1. The Kier molecular flexibility index (Phi) is 9.01. The van der Waals surface area contributed by atoms with Crippen LogP contribution >= 0.6 is 24.8 Å². The van der Waals surface area contributed by atoms with Crippen molar-refractivity contribution in [2.45, 2.75) is 58.9 Å². The van der Waals surface area contributed by atoms with Crippen molar-refractivity contribution >= 4 is 35.8 Å². The van der Waals surface area contributed by atoms with Crippen molar-refractivity contribution in [3.63, 3.8) is 0 Å². The van der Waals surface area contributed by atoms with Crippen LogP contribution in [0.2, 0.25) is 0 Å². The summed E-state index contributed by atoms with van der Waals surface area (Å²) in [6.45, 7) is 6.51. The summed E-state index contributed by atoms with van der Waals surface area (Å²) >= 11 is 0. The summed E-state index contributed by atoms with van der Waals surface area (Å²) in [5, 5.41) is 3.67. The topological polar surface area (TPSA) is 40.7 Å². The molecule has 2 aromatic carbocycles. The van der Waals surface area contributed by atoms with Gasteiger partial charge in [-0.2, -0.15) is 0 Å². The van der Waals surface area contributed by atoms with Gasteiger partial charge in [0, 0.05) is 6.54 Å². The fourth-order valence-corrected chi connectivity index (χ4v) is 4.47. The molecule has 0 atom stereocenters. The van der Waals surface area contributed by atoms with Gasteiger partial charge in [-0.3, -0.25) is 0 Å². The first-order valence-corrected chi connectivity index (χ1v) is 10.4. The molecule has 2 N–H and O–H groups in total. The first-order chi connectivity index (χ1) is 13.2. The van der Waals surface area contributed by atoms with Crippen molar-refractivity contribution in [1.29, 1.82) is 0 Å². The lowest BCUT2D eigenvalue weighted by Crippen LogP contribution is -2.19. The number of benzene rings is 2. The molecule has 5 heteroatoms. The van der Waals surface area contributed by atoms with Crippen molar-refractivity contribution in [1.82, 2.24) is 15.3 Å². The van der Waals surface area contributed by atoms with E-state index in [1.165, 1.54) is 66.3 Å². The van der Waals surface area contributed by atoms with Gasteiger partial charge in [0.05, 0.1) is 17.4 Å². The third-order valence-corrected chi connectivity index (χ3v) is 6.19. The summed E-state index contributed by atoms with van der Waals surface area (Å²) < 4.78 is 0. The van der Waals surface area contributed by atoms with Gasteiger partial charge in [0.2, 0.25) is 0 Å². The Labute approximate surface area is 186 Å². The predicted octanol–water partition coefficient (Wildman–Crippen LogP) is 6.75. The minimum Gasteiger partial charge on any atom is -0.345 e. The number of aromatic nitrogens is 2. The molecule has 1 aliphatic rings. The lowest BCUT2D eigenvalue weighted by Gasteiger charge is -2.21. The maximum Gasteiger partial charge on any atom is 0.0931 e. The lowest BCUT2D eigenvalue weighted by atomic mass is 9.87. The number of aromatic amines is 1. The van der Waals surface area contributed by atoms with Crippen LogP contribution in [0, 0.1) is 19.8 Å². The first-order valence-electron chi connectivity index (χ1n) is 10.4. The molecule has 4 rings (SSSR count). The summed E-state index contributed by atoms with van der Waals surface area (Å²) in [6.07, 6.45) is 10.3. The van der Waals surface area contributed by atoms with E-state index in [1.807, 2.05) is 0 Å². The number of fused-ring (bicyclic) bond motifs is 1. The van der Waals surface area contributed by atoms with E-state index in [-0.39, 0.29) is 24.8 Å². The number of H-pyrrole nitrogens is 1. The number of nitrogens with one attached hydrogen (secondary N) is 2. The summed E-state index contributed by atoms with van der Waals surface area (Å²) in [7, 11) is 0. The van der Waals surface area contributed by atoms with Crippen LogP contribution in [0.15, 0.2) is 36.7 Å². The van der Waals surface area contributed by atoms with Gasteiger partial charge >= 0.3 is 0 Å². The van der Waals surface area contributed by atoms with Gasteiger partial charge in [0.25, 0.3) is 0 Å². The highest BCUT2D eigenvalue weighted by molar-refractivity contribution is 5.86. The third-order valence-electron chi connectivity index (χ3n) is 6.19. The molecule has 0 spiro atoms. The Bertz CT molecular complexity index is 914. The molecule has 1 heterocycles. The number of halogens is 2. The highest BCUT2D eigenvalue weighted by Crippen LogP contribution is 2.29. The minimum absolute atomic E-state index is 0. The second-order valence-corrected chi connectivity index (χ2v) is 8.20. The average Bonchev–Trinajstić information content (AvgIpc) is 3.13. The van der Waals surface area contributed by atoms with Crippen molar-refractivity contribution in [3.05, 3.63) is 53.3 Å². The zero-order chi connectivity index (χ0) is 18.6. The third kappa shape index (κ3) is 5.75. The second kappa shape index (κ2) is 11.0. The van der Waals surface area contributed by atoms with Crippen LogP contribution in [0.25, 0.3) is 22.2 Å². The first kappa shape index (κ1) is 23.7. The molecule has 1 aromatic heterocycles. The zero-order valence-corrected chi connectivity index (χ0v) is 19.1. The van der Waals surface area contributed by atoms with E-state index in [2.05, 4.69) is 59.5 Å². The Morgan fingerprint density at radius 3 is 2.55 bits per heavy atom. The highest BCUT2D eigenvalue weighted by atomic mass is 35.5. The molecular formula is C24H33Cl2N3. The molecule has 0 aliphatic heterocycles. The SMILES string of the molecule is Cc1cc(-c2cc3nc[nH]c3cc2C)ccc1CNCCC1CCCCC1.Cl.Cl. The van der Waals surface area contributed by atoms with Gasteiger partial charge in [-0.15, -0.1) is 24.8 Å². The number of hydrogen-bond acceptors (Lipinski definition) is 2. The maximum atomic E-state index is 4.41. The molecule has 0 radical (unpaired) electrons. The maximum absolute atomic E-state index is 4.41. The fraction of sp³-hybridized carbons (Fsp3) is 0.458. The number of aryl methyl sites for hydroxylation is 2. The van der Waals surface area contributed by atoms with Crippen LogP contribution in [0.1, 0.15) is 55.2 Å². The van der Waals surface area contributed by atoms with Crippen LogP contribution in [0.4, 0.5) is 0 Å². The van der Waals surface area contributed by atoms with Crippen LogP contribution in [0.3, 0.4) is 0 Å². The van der Waals surface area contributed by atoms with Crippen LogP contribution in [-0.4, -0.2) is 16.5 Å². The van der Waals surface area contributed by atoms with E-state index in [0.29, 0.717) is 0 Å². The number of hydrogen-bond donors (Lipinski definition) is 2. The molecule has 1 saturated carbocycles. The van der Waals surface area contributed by atoms with E-state index < -0.39 is 0 Å². The van der Waals surface area contributed by atoms with E-state index in [9.17, 15) is 0 Å². The van der Waals surface area contributed by atoms with E-state index in [0.717, 1.165) is 30.0 Å². The Balaban J connectivity index is 0.00000150. The fourth-order valence-electron chi connectivity index (χ4n) is 4.47. The summed E-state index contributed by atoms with van der Waals surface area (Å²) in [5.41, 5.74) is 8.73. The van der Waals surface area contributed by atoms with Gasteiger partial charge in [-0.25, -0.2) is 4.98 Å². The Morgan fingerprint density at radius 1 is 1.00 bits per heavy atom. The average molecular weight is 434 g/mol. The van der Waals surface area contributed by atoms with E-state index >= 15 is 0 Å². The van der Waals surface area contributed by atoms with Crippen molar-refractivity contribution < 1.29 is 0 Å².